The van der Waals surface area contributed by atoms with Crippen molar-refractivity contribution in [3.05, 3.63) is 29.8 Å². The Hall–Kier alpha value is -1.71. The second-order valence-electron chi connectivity index (χ2n) is 6.64. The van der Waals surface area contributed by atoms with E-state index in [2.05, 4.69) is 0 Å². The molecule has 0 heterocycles. The zero-order chi connectivity index (χ0) is 19.2. The number of hydrogen-bond donors (Lipinski definition) is 5. The van der Waals surface area contributed by atoms with Crippen LogP contribution in [0.2, 0.25) is 0 Å². The molecule has 0 saturated carbocycles. The molecule has 25 heavy (non-hydrogen) atoms. The summed E-state index contributed by atoms with van der Waals surface area (Å²) in [4.78, 5) is 11.9. The van der Waals surface area contributed by atoms with Crippen LogP contribution in [0.1, 0.15) is 31.1 Å². The van der Waals surface area contributed by atoms with Gasteiger partial charge in [-0.25, -0.2) is 4.79 Å². The zero-order valence-electron chi connectivity index (χ0n) is 14.5. The Morgan fingerprint density at radius 1 is 1.00 bits per heavy atom. The lowest BCUT2D eigenvalue weighted by Crippen LogP contribution is -2.47. The molecule has 8 heteroatoms. The highest BCUT2D eigenvalue weighted by molar-refractivity contribution is 5.89. The molecule has 1 aromatic rings. The lowest BCUT2D eigenvalue weighted by atomic mass is 10.0. The lowest BCUT2D eigenvalue weighted by Gasteiger charge is -2.25. The summed E-state index contributed by atoms with van der Waals surface area (Å²) < 4.78 is 10.5. The zero-order valence-corrected chi connectivity index (χ0v) is 14.5. The topological polar surface area (TPSA) is 137 Å². The molecule has 0 aliphatic carbocycles. The molecule has 8 nitrogen and oxygen atoms in total. The standard InChI is InChI=1S/C17H26O8/c1-17(2,3)25-11-6-4-10(5-7-11)16(23)24-9-13(20)15(22)14(21)12(19)8-18/h4-7,12-15,18-22H,8-9H2,1-3H3/t12-,13+,14-,15-/m1/s1. The van der Waals surface area contributed by atoms with Crippen LogP contribution in [0.4, 0.5) is 0 Å². The van der Waals surface area contributed by atoms with Crippen LogP contribution in [-0.4, -0.2) is 74.7 Å². The highest BCUT2D eigenvalue weighted by atomic mass is 16.5. The van der Waals surface area contributed by atoms with Gasteiger partial charge in [-0.05, 0) is 45.0 Å². The minimum atomic E-state index is -1.78. The fourth-order valence-corrected chi connectivity index (χ4v) is 1.92. The maximum atomic E-state index is 11.9. The summed E-state index contributed by atoms with van der Waals surface area (Å²) in [5.74, 6) is -0.147. The third kappa shape index (κ3) is 6.97. The Labute approximate surface area is 146 Å². The number of hydrogen-bond acceptors (Lipinski definition) is 8. The number of esters is 1. The van der Waals surface area contributed by atoms with Crippen molar-refractivity contribution >= 4 is 5.97 Å². The minimum Gasteiger partial charge on any atom is -0.488 e. The third-order valence-corrected chi connectivity index (χ3v) is 3.22. The Bertz CT molecular complexity index is 537. The molecule has 0 unspecified atom stereocenters. The van der Waals surface area contributed by atoms with E-state index in [0.29, 0.717) is 5.75 Å². The summed E-state index contributed by atoms with van der Waals surface area (Å²) in [5, 5.41) is 46.7. The van der Waals surface area contributed by atoms with E-state index in [-0.39, 0.29) is 11.2 Å². The van der Waals surface area contributed by atoms with Crippen LogP contribution < -0.4 is 4.74 Å². The first-order chi connectivity index (χ1) is 11.5. The Morgan fingerprint density at radius 3 is 2.00 bits per heavy atom. The van der Waals surface area contributed by atoms with Crippen molar-refractivity contribution in [2.45, 2.75) is 50.8 Å². The first-order valence-electron chi connectivity index (χ1n) is 7.84. The second kappa shape index (κ2) is 9.12. The lowest BCUT2D eigenvalue weighted by molar-refractivity contribution is -0.124. The molecule has 0 radical (unpaired) electrons. The first kappa shape index (κ1) is 21.3. The number of aliphatic hydroxyl groups excluding tert-OH is 5. The van der Waals surface area contributed by atoms with Crippen LogP contribution in [0.15, 0.2) is 24.3 Å². The highest BCUT2D eigenvalue weighted by Crippen LogP contribution is 2.19. The number of benzene rings is 1. The highest BCUT2D eigenvalue weighted by Gasteiger charge is 2.30. The Balaban J connectivity index is 2.56. The van der Waals surface area contributed by atoms with Gasteiger partial charge in [0.2, 0.25) is 0 Å². The molecule has 0 saturated heterocycles. The van der Waals surface area contributed by atoms with Gasteiger partial charge in [-0.1, -0.05) is 0 Å². The summed E-state index contributed by atoms with van der Waals surface area (Å²) in [6.07, 6.45) is -6.79. The van der Waals surface area contributed by atoms with Crippen molar-refractivity contribution in [3.8, 4) is 5.75 Å². The smallest absolute Gasteiger partial charge is 0.338 e. The van der Waals surface area contributed by atoms with E-state index in [4.69, 9.17) is 14.6 Å². The molecule has 0 fully saturated rings. The van der Waals surface area contributed by atoms with Crippen LogP contribution in [0.3, 0.4) is 0 Å². The molecular weight excluding hydrogens is 332 g/mol. The minimum absolute atomic E-state index is 0.221. The van der Waals surface area contributed by atoms with Crippen molar-refractivity contribution in [1.82, 2.24) is 0 Å². The summed E-state index contributed by atoms with van der Waals surface area (Å²) >= 11 is 0. The summed E-state index contributed by atoms with van der Waals surface area (Å²) in [7, 11) is 0. The van der Waals surface area contributed by atoms with Crippen LogP contribution in [0.5, 0.6) is 5.75 Å². The van der Waals surface area contributed by atoms with E-state index in [0.717, 1.165) is 0 Å². The molecule has 1 rings (SSSR count). The van der Waals surface area contributed by atoms with Gasteiger partial charge in [-0.3, -0.25) is 0 Å². The molecule has 0 aliphatic heterocycles. The second-order valence-corrected chi connectivity index (χ2v) is 6.64. The molecule has 5 N–H and O–H groups in total. The van der Waals surface area contributed by atoms with E-state index in [1.807, 2.05) is 20.8 Å². The molecule has 0 aromatic heterocycles. The van der Waals surface area contributed by atoms with Gasteiger partial charge >= 0.3 is 5.97 Å². The molecule has 0 bridgehead atoms. The van der Waals surface area contributed by atoms with Gasteiger partial charge in [0.1, 0.15) is 42.4 Å². The predicted molar refractivity (Wildman–Crippen MR) is 88.2 cm³/mol. The summed E-state index contributed by atoms with van der Waals surface area (Å²) in [6.45, 7) is 4.31. The fraction of sp³-hybridized carbons (Fsp3) is 0.588. The van der Waals surface area contributed by atoms with Crippen molar-refractivity contribution in [3.63, 3.8) is 0 Å². The number of carbonyl (C=O) groups excluding carboxylic acids is 1. The van der Waals surface area contributed by atoms with E-state index >= 15 is 0 Å². The average molecular weight is 358 g/mol. The van der Waals surface area contributed by atoms with Crippen LogP contribution >= 0.6 is 0 Å². The van der Waals surface area contributed by atoms with Gasteiger partial charge < -0.3 is 35.0 Å². The number of carbonyl (C=O) groups is 1. The number of aliphatic hydroxyl groups is 5. The van der Waals surface area contributed by atoms with Gasteiger partial charge in [0.05, 0.1) is 12.2 Å². The van der Waals surface area contributed by atoms with Crippen molar-refractivity contribution in [1.29, 1.82) is 0 Å². The van der Waals surface area contributed by atoms with Crippen molar-refractivity contribution in [2.24, 2.45) is 0 Å². The van der Waals surface area contributed by atoms with E-state index in [1.54, 1.807) is 12.1 Å². The molecule has 4 atom stereocenters. The van der Waals surface area contributed by atoms with E-state index in [9.17, 15) is 25.2 Å². The van der Waals surface area contributed by atoms with Gasteiger partial charge in [-0.15, -0.1) is 0 Å². The predicted octanol–water partition coefficient (Wildman–Crippen LogP) is -0.543. The summed E-state index contributed by atoms with van der Waals surface area (Å²) in [5.41, 5.74) is -0.152. The quantitative estimate of drug-likeness (QED) is 0.391. The SMILES string of the molecule is CC(C)(C)Oc1ccc(C(=O)OC[C@H](O)[C@@H](O)[C@H](O)[C@H](O)CO)cc1. The maximum Gasteiger partial charge on any atom is 0.338 e. The van der Waals surface area contributed by atoms with Gasteiger partial charge in [0.15, 0.2) is 0 Å². The molecule has 0 spiro atoms. The fourth-order valence-electron chi connectivity index (χ4n) is 1.92. The normalized spacial score (nSPS) is 16.6. The largest absolute Gasteiger partial charge is 0.488 e. The monoisotopic (exact) mass is 358 g/mol. The van der Waals surface area contributed by atoms with Crippen LogP contribution in [0, 0.1) is 0 Å². The molecular formula is C17H26O8. The van der Waals surface area contributed by atoms with Crippen molar-refractivity contribution < 1.29 is 39.8 Å². The average Bonchev–Trinajstić information content (AvgIpc) is 2.56. The number of rotatable bonds is 8. The molecule has 0 aliphatic rings. The van der Waals surface area contributed by atoms with Gasteiger partial charge in [-0.2, -0.15) is 0 Å². The number of ether oxygens (including phenoxy) is 2. The third-order valence-electron chi connectivity index (χ3n) is 3.22. The van der Waals surface area contributed by atoms with Crippen LogP contribution in [0.25, 0.3) is 0 Å². The first-order valence-corrected chi connectivity index (χ1v) is 7.84. The van der Waals surface area contributed by atoms with Crippen LogP contribution in [-0.2, 0) is 4.74 Å². The van der Waals surface area contributed by atoms with E-state index < -0.39 is 43.6 Å². The Morgan fingerprint density at radius 2 is 1.52 bits per heavy atom. The van der Waals surface area contributed by atoms with E-state index in [1.165, 1.54) is 12.1 Å². The molecule has 1 aromatic carbocycles. The maximum absolute atomic E-state index is 11.9. The summed E-state index contributed by atoms with van der Waals surface area (Å²) in [6, 6.07) is 6.20. The Kier molecular flexibility index (Phi) is 7.78. The van der Waals surface area contributed by atoms with Gasteiger partial charge in [0, 0.05) is 0 Å². The molecule has 142 valence electrons. The molecule has 0 amide bonds. The van der Waals surface area contributed by atoms with Crippen molar-refractivity contribution in [2.75, 3.05) is 13.2 Å². The van der Waals surface area contributed by atoms with Gasteiger partial charge in [0.25, 0.3) is 0 Å².